The number of hydrogen-bond donors (Lipinski definition) is 1. The number of ketones is 1. The molecule has 58 valence electrons. The monoisotopic (exact) mass is 156 g/mol. The molecule has 0 aromatic heterocycles. The molecule has 0 heterocycles. The maximum Gasteiger partial charge on any atom is 0.342 e. The lowest BCUT2D eigenvalue weighted by molar-refractivity contribution is -0.146. The van der Waals surface area contributed by atoms with E-state index in [2.05, 4.69) is 0 Å². The Labute approximate surface area is 61.5 Å². The van der Waals surface area contributed by atoms with Crippen molar-refractivity contribution >= 4 is 11.8 Å². The predicted octanol–water partition coefficient (Wildman–Crippen LogP) is 0.164. The number of alkyl halides is 1. The molecule has 0 bridgehead atoms. The van der Waals surface area contributed by atoms with Gasteiger partial charge in [-0.1, -0.05) is 6.08 Å². The lowest BCUT2D eigenvalue weighted by atomic mass is 10.2. The van der Waals surface area contributed by atoms with Crippen LogP contribution in [0.15, 0.2) is 12.2 Å². The van der Waals surface area contributed by atoms with E-state index in [1.807, 2.05) is 0 Å². The Morgan fingerprint density at radius 3 is 2.64 bits per heavy atom. The molecule has 2 aliphatic rings. The van der Waals surface area contributed by atoms with Gasteiger partial charge in [0.05, 0.1) is 5.92 Å². The van der Waals surface area contributed by atoms with Gasteiger partial charge in [0.2, 0.25) is 5.67 Å². The molecule has 0 radical (unpaired) electrons. The number of hydrogen-bond acceptors (Lipinski definition) is 2. The van der Waals surface area contributed by atoms with Gasteiger partial charge in [-0.15, -0.1) is 0 Å². The number of carbonyl (C=O) groups is 2. The van der Waals surface area contributed by atoms with Crippen LogP contribution in [-0.4, -0.2) is 22.5 Å². The summed E-state index contributed by atoms with van der Waals surface area (Å²) in [5.74, 6) is -3.56. The van der Waals surface area contributed by atoms with Gasteiger partial charge in [0.15, 0.2) is 5.78 Å². The average Bonchev–Trinajstić information content (AvgIpc) is 2.30. The molecular formula is C7H5FO3. The second kappa shape index (κ2) is 1.52. The second-order valence-electron chi connectivity index (χ2n) is 2.84. The topological polar surface area (TPSA) is 54.4 Å². The molecule has 0 aliphatic heterocycles. The number of rotatable bonds is 1. The van der Waals surface area contributed by atoms with Gasteiger partial charge in [0, 0.05) is 5.92 Å². The van der Waals surface area contributed by atoms with E-state index < -0.39 is 29.3 Å². The largest absolute Gasteiger partial charge is 0.479 e. The number of aliphatic carboxylic acids is 1. The Kier molecular flexibility index (Phi) is 0.900. The zero-order valence-electron chi connectivity index (χ0n) is 5.45. The molecule has 3 nitrogen and oxygen atoms in total. The Morgan fingerprint density at radius 1 is 1.73 bits per heavy atom. The summed E-state index contributed by atoms with van der Waals surface area (Å²) >= 11 is 0. The summed E-state index contributed by atoms with van der Waals surface area (Å²) in [5, 5.41) is 8.38. The van der Waals surface area contributed by atoms with Crippen LogP contribution < -0.4 is 0 Å². The summed E-state index contributed by atoms with van der Waals surface area (Å²) in [7, 11) is 0. The Morgan fingerprint density at radius 2 is 2.36 bits per heavy atom. The van der Waals surface area contributed by atoms with E-state index in [0.717, 1.165) is 0 Å². The molecule has 0 aromatic rings. The molecule has 0 saturated heterocycles. The van der Waals surface area contributed by atoms with Crippen molar-refractivity contribution in [1.29, 1.82) is 0 Å². The third-order valence-corrected chi connectivity index (χ3v) is 2.29. The highest BCUT2D eigenvalue weighted by molar-refractivity contribution is 6.06. The minimum absolute atomic E-state index is 0.403. The van der Waals surface area contributed by atoms with Gasteiger partial charge in [-0.3, -0.25) is 4.79 Å². The number of carbonyl (C=O) groups excluding carboxylic acids is 1. The highest BCUT2D eigenvalue weighted by atomic mass is 19.1. The molecule has 0 aromatic carbocycles. The molecule has 0 amide bonds. The first-order valence-corrected chi connectivity index (χ1v) is 3.23. The summed E-state index contributed by atoms with van der Waals surface area (Å²) < 4.78 is 13.1. The van der Waals surface area contributed by atoms with E-state index >= 15 is 0 Å². The fraction of sp³-hybridized carbons (Fsp3) is 0.429. The van der Waals surface area contributed by atoms with Crippen LogP contribution in [0.25, 0.3) is 0 Å². The summed E-state index contributed by atoms with van der Waals surface area (Å²) in [6, 6.07) is 0. The first kappa shape index (κ1) is 6.52. The predicted molar refractivity (Wildman–Crippen MR) is 32.6 cm³/mol. The Hall–Kier alpha value is -1.19. The lowest BCUT2D eigenvalue weighted by Crippen LogP contribution is -2.23. The molecule has 11 heavy (non-hydrogen) atoms. The molecule has 2 aliphatic carbocycles. The summed E-state index contributed by atoms with van der Waals surface area (Å²) in [6.07, 6.45) is 2.58. The van der Waals surface area contributed by atoms with Crippen LogP contribution in [0, 0.1) is 11.8 Å². The van der Waals surface area contributed by atoms with Crippen molar-refractivity contribution in [2.45, 2.75) is 5.67 Å². The lowest BCUT2D eigenvalue weighted by Gasteiger charge is -1.99. The minimum atomic E-state index is -2.29. The van der Waals surface area contributed by atoms with Crippen molar-refractivity contribution < 1.29 is 19.1 Å². The quantitative estimate of drug-likeness (QED) is 0.588. The van der Waals surface area contributed by atoms with Crippen molar-refractivity contribution in [1.82, 2.24) is 0 Å². The molecular weight excluding hydrogens is 151 g/mol. The molecule has 1 fully saturated rings. The van der Waals surface area contributed by atoms with Crippen LogP contribution in [0.5, 0.6) is 0 Å². The van der Waals surface area contributed by atoms with Gasteiger partial charge in [-0.2, -0.15) is 0 Å². The average molecular weight is 156 g/mol. The van der Waals surface area contributed by atoms with Crippen molar-refractivity contribution in [3.8, 4) is 0 Å². The standard InChI is InChI=1S/C7H5FO3/c8-7(6(10)11)3-1-2-4(9)5(3)7/h1-3,5H,(H,10,11)/t3-,5-,7-/m1/s1. The third-order valence-electron chi connectivity index (χ3n) is 2.29. The highest BCUT2D eigenvalue weighted by Gasteiger charge is 2.75. The van der Waals surface area contributed by atoms with E-state index in [4.69, 9.17) is 5.11 Å². The van der Waals surface area contributed by atoms with Gasteiger partial charge in [-0.25, -0.2) is 9.18 Å². The second-order valence-corrected chi connectivity index (χ2v) is 2.84. The zero-order chi connectivity index (χ0) is 8.22. The van der Waals surface area contributed by atoms with Crippen LogP contribution in [0.1, 0.15) is 0 Å². The molecule has 2 rings (SSSR count). The van der Waals surface area contributed by atoms with E-state index in [1.165, 1.54) is 12.2 Å². The van der Waals surface area contributed by atoms with E-state index in [0.29, 0.717) is 0 Å². The van der Waals surface area contributed by atoms with E-state index in [-0.39, 0.29) is 0 Å². The smallest absolute Gasteiger partial charge is 0.342 e. The van der Waals surface area contributed by atoms with Gasteiger partial charge in [0.25, 0.3) is 0 Å². The van der Waals surface area contributed by atoms with Crippen molar-refractivity contribution in [3.63, 3.8) is 0 Å². The maximum absolute atomic E-state index is 13.1. The van der Waals surface area contributed by atoms with Gasteiger partial charge < -0.3 is 5.11 Å². The number of halogens is 1. The van der Waals surface area contributed by atoms with Crippen LogP contribution in [0.2, 0.25) is 0 Å². The Bertz CT molecular complexity index is 283. The van der Waals surface area contributed by atoms with Crippen LogP contribution >= 0.6 is 0 Å². The minimum Gasteiger partial charge on any atom is -0.479 e. The van der Waals surface area contributed by atoms with Crippen molar-refractivity contribution in [2.24, 2.45) is 11.8 Å². The molecule has 0 unspecified atom stereocenters. The molecule has 0 spiro atoms. The van der Waals surface area contributed by atoms with Gasteiger partial charge in [0.1, 0.15) is 0 Å². The third kappa shape index (κ3) is 0.528. The summed E-state index contributed by atoms with van der Waals surface area (Å²) in [4.78, 5) is 21.0. The van der Waals surface area contributed by atoms with Crippen LogP contribution in [0.4, 0.5) is 4.39 Å². The molecule has 4 heteroatoms. The molecule has 3 atom stereocenters. The fourth-order valence-corrected chi connectivity index (χ4v) is 1.60. The molecule has 1 saturated carbocycles. The van der Waals surface area contributed by atoms with E-state index in [1.54, 1.807) is 0 Å². The summed E-state index contributed by atoms with van der Waals surface area (Å²) in [6.45, 7) is 0. The number of fused-ring (bicyclic) bond motifs is 1. The van der Waals surface area contributed by atoms with Crippen LogP contribution in [0.3, 0.4) is 0 Å². The molecule has 1 N–H and O–H groups in total. The van der Waals surface area contributed by atoms with Crippen molar-refractivity contribution in [2.75, 3.05) is 0 Å². The number of carboxylic acid groups (broad SMARTS) is 1. The fourth-order valence-electron chi connectivity index (χ4n) is 1.60. The normalized spacial score (nSPS) is 45.7. The SMILES string of the molecule is O=C1C=C[C@@H]2[C@H]1[C@@]2(F)C(=O)O. The highest BCUT2D eigenvalue weighted by Crippen LogP contribution is 2.58. The van der Waals surface area contributed by atoms with E-state index in [9.17, 15) is 14.0 Å². The van der Waals surface area contributed by atoms with Gasteiger partial charge >= 0.3 is 5.97 Å². The maximum atomic E-state index is 13.1. The zero-order valence-corrected chi connectivity index (χ0v) is 5.45. The van der Waals surface area contributed by atoms with Gasteiger partial charge in [-0.05, 0) is 6.08 Å². The first-order valence-electron chi connectivity index (χ1n) is 3.23. The Balaban J connectivity index is 2.33. The van der Waals surface area contributed by atoms with Crippen molar-refractivity contribution in [3.05, 3.63) is 12.2 Å². The summed E-state index contributed by atoms with van der Waals surface area (Å²) in [5.41, 5.74) is -2.29. The number of allylic oxidation sites excluding steroid dienone is 2. The number of carboxylic acids is 1. The van der Waals surface area contributed by atoms with Crippen LogP contribution in [-0.2, 0) is 9.59 Å². The first-order chi connectivity index (χ1) is 5.08.